The molecule has 0 aliphatic carbocycles. The maximum Gasteiger partial charge on any atom is 0.159 e. The van der Waals surface area contributed by atoms with E-state index in [-0.39, 0.29) is 11.9 Å². The molecule has 0 bridgehead atoms. The topological polar surface area (TPSA) is 52.1 Å². The van der Waals surface area contributed by atoms with E-state index in [2.05, 4.69) is 9.97 Å². The van der Waals surface area contributed by atoms with E-state index in [1.165, 1.54) is 6.92 Å². The molecule has 1 aromatic carbocycles. The first-order valence-electron chi connectivity index (χ1n) is 5.70. The quantitative estimate of drug-likeness (QED) is 0.773. The predicted octanol–water partition coefficient (Wildman–Crippen LogP) is 2.82. The van der Waals surface area contributed by atoms with Crippen LogP contribution < -0.4 is 4.74 Å². The summed E-state index contributed by atoms with van der Waals surface area (Å²) in [6.45, 7) is 3.45. The Bertz CT molecular complexity index is 523. The second-order valence-electron chi connectivity index (χ2n) is 3.97. The minimum absolute atomic E-state index is 0.0449. The van der Waals surface area contributed by atoms with Crippen LogP contribution in [0.3, 0.4) is 0 Å². The standard InChI is InChI=1S/C14H14N2O2/c1-10(17)12-3-5-13(6-4-12)18-11(2)14-9-15-7-8-16-14/h3-9,11H,1-2H3. The summed E-state index contributed by atoms with van der Waals surface area (Å²) in [6, 6.07) is 7.06. The van der Waals surface area contributed by atoms with E-state index in [1.54, 1.807) is 42.9 Å². The number of Topliss-reactive ketones (excluding diaryl/α,β-unsaturated/α-hetero) is 1. The van der Waals surface area contributed by atoms with Gasteiger partial charge in [0.15, 0.2) is 5.78 Å². The molecule has 4 nitrogen and oxygen atoms in total. The highest BCUT2D eigenvalue weighted by molar-refractivity contribution is 5.94. The molecule has 4 heteroatoms. The molecule has 0 spiro atoms. The second-order valence-corrected chi connectivity index (χ2v) is 3.97. The predicted molar refractivity (Wildman–Crippen MR) is 67.5 cm³/mol. The Balaban J connectivity index is 2.08. The molecular formula is C14H14N2O2. The summed E-state index contributed by atoms with van der Waals surface area (Å²) in [6.07, 6.45) is 4.75. The molecule has 18 heavy (non-hydrogen) atoms. The van der Waals surface area contributed by atoms with E-state index in [0.29, 0.717) is 11.3 Å². The fourth-order valence-corrected chi connectivity index (χ4v) is 1.55. The lowest BCUT2D eigenvalue weighted by Crippen LogP contribution is -2.05. The van der Waals surface area contributed by atoms with Crippen LogP contribution >= 0.6 is 0 Å². The number of nitrogens with zero attached hydrogens (tertiary/aromatic N) is 2. The maximum absolute atomic E-state index is 11.1. The average molecular weight is 242 g/mol. The van der Waals surface area contributed by atoms with Crippen molar-refractivity contribution in [1.29, 1.82) is 0 Å². The molecule has 0 saturated carbocycles. The zero-order valence-electron chi connectivity index (χ0n) is 10.3. The maximum atomic E-state index is 11.1. The molecule has 0 aliphatic rings. The van der Waals surface area contributed by atoms with Crippen LogP contribution in [-0.2, 0) is 0 Å². The summed E-state index contributed by atoms with van der Waals surface area (Å²) >= 11 is 0. The van der Waals surface area contributed by atoms with Gasteiger partial charge in [0.05, 0.1) is 11.9 Å². The van der Waals surface area contributed by atoms with E-state index < -0.39 is 0 Å². The molecule has 1 aromatic heterocycles. The number of carbonyl (C=O) groups is 1. The van der Waals surface area contributed by atoms with Crippen molar-refractivity contribution in [2.75, 3.05) is 0 Å². The Labute approximate surface area is 106 Å². The highest BCUT2D eigenvalue weighted by atomic mass is 16.5. The fraction of sp³-hybridized carbons (Fsp3) is 0.214. The lowest BCUT2D eigenvalue weighted by Gasteiger charge is -2.13. The number of hydrogen-bond acceptors (Lipinski definition) is 4. The van der Waals surface area contributed by atoms with Gasteiger partial charge in [0, 0.05) is 18.0 Å². The molecule has 0 fully saturated rings. The summed E-state index contributed by atoms with van der Waals surface area (Å²) < 4.78 is 5.72. The Morgan fingerprint density at radius 3 is 2.50 bits per heavy atom. The van der Waals surface area contributed by atoms with Gasteiger partial charge in [-0.1, -0.05) is 0 Å². The number of benzene rings is 1. The van der Waals surface area contributed by atoms with Crippen LogP contribution in [0.2, 0.25) is 0 Å². The van der Waals surface area contributed by atoms with Crippen molar-refractivity contribution in [3.63, 3.8) is 0 Å². The van der Waals surface area contributed by atoms with Crippen molar-refractivity contribution in [2.45, 2.75) is 20.0 Å². The van der Waals surface area contributed by atoms with Crippen LogP contribution in [0.5, 0.6) is 5.75 Å². The molecule has 2 aromatic rings. The number of ketones is 1. The Morgan fingerprint density at radius 2 is 1.94 bits per heavy atom. The fourth-order valence-electron chi connectivity index (χ4n) is 1.55. The minimum Gasteiger partial charge on any atom is -0.484 e. The smallest absolute Gasteiger partial charge is 0.159 e. The van der Waals surface area contributed by atoms with E-state index in [4.69, 9.17) is 4.74 Å². The highest BCUT2D eigenvalue weighted by Gasteiger charge is 2.08. The normalized spacial score (nSPS) is 11.9. The summed E-state index contributed by atoms with van der Waals surface area (Å²) in [5.41, 5.74) is 1.45. The number of ether oxygens (including phenoxy) is 1. The van der Waals surface area contributed by atoms with Gasteiger partial charge in [-0.3, -0.25) is 14.8 Å². The number of hydrogen-bond donors (Lipinski definition) is 0. The van der Waals surface area contributed by atoms with Gasteiger partial charge in [-0.15, -0.1) is 0 Å². The molecule has 1 unspecified atom stereocenters. The molecule has 1 atom stereocenters. The van der Waals surface area contributed by atoms with Crippen molar-refractivity contribution in [3.05, 3.63) is 54.1 Å². The van der Waals surface area contributed by atoms with Gasteiger partial charge in [0.2, 0.25) is 0 Å². The van der Waals surface area contributed by atoms with Crippen molar-refractivity contribution < 1.29 is 9.53 Å². The van der Waals surface area contributed by atoms with E-state index in [0.717, 1.165) is 5.69 Å². The lowest BCUT2D eigenvalue weighted by atomic mass is 10.1. The molecule has 0 amide bonds. The van der Waals surface area contributed by atoms with Gasteiger partial charge in [0.25, 0.3) is 0 Å². The molecule has 1 heterocycles. The molecule has 2 rings (SSSR count). The van der Waals surface area contributed by atoms with Crippen LogP contribution in [-0.4, -0.2) is 15.8 Å². The second kappa shape index (κ2) is 5.40. The minimum atomic E-state index is -0.179. The summed E-state index contributed by atoms with van der Waals surface area (Å²) in [4.78, 5) is 19.3. The zero-order valence-corrected chi connectivity index (χ0v) is 10.3. The van der Waals surface area contributed by atoms with Gasteiger partial charge >= 0.3 is 0 Å². The van der Waals surface area contributed by atoms with E-state index in [1.807, 2.05) is 6.92 Å². The molecule has 0 saturated heterocycles. The summed E-state index contributed by atoms with van der Waals surface area (Å²) in [5, 5.41) is 0. The zero-order chi connectivity index (χ0) is 13.0. The Morgan fingerprint density at radius 1 is 1.22 bits per heavy atom. The Hall–Kier alpha value is -2.23. The van der Waals surface area contributed by atoms with Gasteiger partial charge in [-0.25, -0.2) is 0 Å². The van der Waals surface area contributed by atoms with Crippen LogP contribution in [0.25, 0.3) is 0 Å². The van der Waals surface area contributed by atoms with Crippen LogP contribution in [0, 0.1) is 0 Å². The summed E-state index contributed by atoms with van der Waals surface area (Å²) in [7, 11) is 0. The van der Waals surface area contributed by atoms with Gasteiger partial charge in [-0.05, 0) is 38.1 Å². The van der Waals surface area contributed by atoms with Crippen LogP contribution in [0.1, 0.15) is 36.0 Å². The lowest BCUT2D eigenvalue weighted by molar-refractivity contribution is 0.101. The van der Waals surface area contributed by atoms with E-state index >= 15 is 0 Å². The van der Waals surface area contributed by atoms with Gasteiger partial charge < -0.3 is 4.74 Å². The highest BCUT2D eigenvalue weighted by Crippen LogP contribution is 2.20. The van der Waals surface area contributed by atoms with Gasteiger partial charge in [-0.2, -0.15) is 0 Å². The first kappa shape index (κ1) is 12.2. The third-order valence-corrected chi connectivity index (χ3v) is 2.57. The number of carbonyl (C=O) groups excluding carboxylic acids is 1. The third-order valence-electron chi connectivity index (χ3n) is 2.57. The van der Waals surface area contributed by atoms with E-state index in [9.17, 15) is 4.79 Å². The largest absolute Gasteiger partial charge is 0.484 e. The molecule has 92 valence electrons. The van der Waals surface area contributed by atoms with Crippen LogP contribution in [0.15, 0.2) is 42.9 Å². The third kappa shape index (κ3) is 2.91. The first-order valence-corrected chi connectivity index (χ1v) is 5.70. The average Bonchev–Trinajstić information content (AvgIpc) is 2.40. The monoisotopic (exact) mass is 242 g/mol. The molecule has 0 radical (unpaired) electrons. The number of rotatable bonds is 4. The van der Waals surface area contributed by atoms with Crippen molar-refractivity contribution in [3.8, 4) is 5.75 Å². The first-order chi connectivity index (χ1) is 8.66. The van der Waals surface area contributed by atoms with Gasteiger partial charge in [0.1, 0.15) is 11.9 Å². The summed E-state index contributed by atoms with van der Waals surface area (Å²) in [5.74, 6) is 0.752. The molecule has 0 aliphatic heterocycles. The molecule has 0 N–H and O–H groups in total. The van der Waals surface area contributed by atoms with Crippen molar-refractivity contribution >= 4 is 5.78 Å². The van der Waals surface area contributed by atoms with Crippen molar-refractivity contribution in [1.82, 2.24) is 9.97 Å². The van der Waals surface area contributed by atoms with Crippen LogP contribution in [0.4, 0.5) is 0 Å². The number of aromatic nitrogens is 2. The Kier molecular flexibility index (Phi) is 3.67. The van der Waals surface area contributed by atoms with Crippen molar-refractivity contribution in [2.24, 2.45) is 0 Å². The SMILES string of the molecule is CC(=O)c1ccc(OC(C)c2cnccn2)cc1. The molecular weight excluding hydrogens is 228 g/mol.